The molecule has 0 bridgehead atoms. The molecule has 6 nitrogen and oxygen atoms in total. The molecule has 7 heteroatoms. The first-order chi connectivity index (χ1) is 18.1. The molecule has 0 aliphatic carbocycles. The standard InChI is InChI=1S/C30H29BrO6/c1-32-24-10-4-21(5-11-24)18-35-28-17-30(37-20-23-8-14-26(34-3)15-9-23)29(16-27(28)31)36-19-22-6-12-25(33-2)13-7-22/h4-17H,18-20H2,1-3H3. The summed E-state index contributed by atoms with van der Waals surface area (Å²) in [7, 11) is 4.94. The third-order valence-corrected chi connectivity index (χ3v) is 6.28. The Bertz CT molecular complexity index is 1270. The quantitative estimate of drug-likeness (QED) is 0.181. The molecule has 0 radical (unpaired) electrons. The van der Waals surface area contributed by atoms with Gasteiger partial charge in [-0.15, -0.1) is 0 Å². The third kappa shape index (κ3) is 7.33. The maximum Gasteiger partial charge on any atom is 0.165 e. The monoisotopic (exact) mass is 564 g/mol. The molecule has 4 aromatic carbocycles. The Morgan fingerprint density at radius 1 is 0.459 bits per heavy atom. The Hall–Kier alpha value is -3.84. The van der Waals surface area contributed by atoms with Gasteiger partial charge in [-0.1, -0.05) is 36.4 Å². The number of halogens is 1. The van der Waals surface area contributed by atoms with E-state index < -0.39 is 0 Å². The molecule has 0 heterocycles. The summed E-state index contributed by atoms with van der Waals surface area (Å²) < 4.78 is 35.0. The van der Waals surface area contributed by atoms with Crippen LogP contribution in [0.25, 0.3) is 0 Å². The summed E-state index contributed by atoms with van der Waals surface area (Å²) in [5, 5.41) is 0. The van der Waals surface area contributed by atoms with Crippen molar-refractivity contribution in [2.24, 2.45) is 0 Å². The first kappa shape index (κ1) is 26.2. The summed E-state index contributed by atoms with van der Waals surface area (Å²) in [6, 6.07) is 27.0. The molecule has 0 aliphatic rings. The first-order valence-electron chi connectivity index (χ1n) is 11.7. The van der Waals surface area contributed by atoms with Crippen LogP contribution >= 0.6 is 15.9 Å². The van der Waals surface area contributed by atoms with Crippen molar-refractivity contribution in [3.63, 3.8) is 0 Å². The molecule has 0 aliphatic heterocycles. The second-order valence-corrected chi connectivity index (χ2v) is 8.99. The Morgan fingerprint density at radius 2 is 0.784 bits per heavy atom. The highest BCUT2D eigenvalue weighted by Crippen LogP contribution is 2.39. The lowest BCUT2D eigenvalue weighted by atomic mass is 10.2. The minimum absolute atomic E-state index is 0.364. The topological polar surface area (TPSA) is 55.4 Å². The van der Waals surface area contributed by atoms with E-state index in [0.29, 0.717) is 37.1 Å². The summed E-state index contributed by atoms with van der Waals surface area (Å²) in [6.45, 7) is 1.14. The SMILES string of the molecule is COc1ccc(COc2cc(OCc3ccc(OC)cc3)c(OCc3ccc(OC)cc3)cc2Br)cc1. The smallest absolute Gasteiger partial charge is 0.165 e. The van der Waals surface area contributed by atoms with E-state index in [9.17, 15) is 0 Å². The van der Waals surface area contributed by atoms with Crippen LogP contribution in [0.1, 0.15) is 16.7 Å². The molecule has 0 aromatic heterocycles. The van der Waals surface area contributed by atoms with Crippen molar-refractivity contribution in [1.29, 1.82) is 0 Å². The van der Waals surface area contributed by atoms with Gasteiger partial charge < -0.3 is 28.4 Å². The van der Waals surface area contributed by atoms with Gasteiger partial charge in [0.2, 0.25) is 0 Å². The van der Waals surface area contributed by atoms with Gasteiger partial charge in [-0.3, -0.25) is 0 Å². The Kier molecular flexibility index (Phi) is 9.16. The minimum Gasteiger partial charge on any atom is -0.497 e. The van der Waals surface area contributed by atoms with E-state index in [0.717, 1.165) is 38.4 Å². The van der Waals surface area contributed by atoms with E-state index >= 15 is 0 Å². The molecular formula is C30H29BrO6. The number of ether oxygens (including phenoxy) is 6. The molecule has 0 atom stereocenters. The van der Waals surface area contributed by atoms with Crippen LogP contribution in [0.15, 0.2) is 89.4 Å². The predicted octanol–water partition coefficient (Wildman–Crippen LogP) is 7.21. The minimum atomic E-state index is 0.364. The maximum absolute atomic E-state index is 6.20. The van der Waals surface area contributed by atoms with Gasteiger partial charge in [0, 0.05) is 12.1 Å². The fraction of sp³-hybridized carbons (Fsp3) is 0.200. The van der Waals surface area contributed by atoms with Crippen LogP contribution in [0.5, 0.6) is 34.5 Å². The molecule has 37 heavy (non-hydrogen) atoms. The van der Waals surface area contributed by atoms with Crippen molar-refractivity contribution < 1.29 is 28.4 Å². The summed E-state index contributed by atoms with van der Waals surface area (Å²) in [4.78, 5) is 0. The third-order valence-electron chi connectivity index (χ3n) is 5.66. The summed E-state index contributed by atoms with van der Waals surface area (Å²) in [6.07, 6.45) is 0. The number of hydrogen-bond donors (Lipinski definition) is 0. The van der Waals surface area contributed by atoms with Crippen LogP contribution in [-0.2, 0) is 19.8 Å². The average Bonchev–Trinajstić information content (AvgIpc) is 2.95. The molecule has 4 rings (SSSR count). The Balaban J connectivity index is 1.51. The molecule has 4 aromatic rings. The number of methoxy groups -OCH3 is 3. The predicted molar refractivity (Wildman–Crippen MR) is 146 cm³/mol. The molecule has 0 saturated heterocycles. The Labute approximate surface area is 225 Å². The zero-order valence-corrected chi connectivity index (χ0v) is 22.6. The molecule has 0 spiro atoms. The van der Waals surface area contributed by atoms with Gasteiger partial charge in [-0.2, -0.15) is 0 Å². The molecule has 0 unspecified atom stereocenters. The van der Waals surface area contributed by atoms with E-state index in [4.69, 9.17) is 28.4 Å². The van der Waals surface area contributed by atoms with Crippen molar-refractivity contribution in [2.45, 2.75) is 19.8 Å². The largest absolute Gasteiger partial charge is 0.497 e. The van der Waals surface area contributed by atoms with E-state index in [1.54, 1.807) is 21.3 Å². The fourth-order valence-corrected chi connectivity index (χ4v) is 3.94. The van der Waals surface area contributed by atoms with Gasteiger partial charge in [0.15, 0.2) is 11.5 Å². The van der Waals surface area contributed by atoms with E-state index in [1.165, 1.54) is 0 Å². The van der Waals surface area contributed by atoms with Crippen LogP contribution < -0.4 is 28.4 Å². The van der Waals surface area contributed by atoms with Crippen LogP contribution in [-0.4, -0.2) is 21.3 Å². The van der Waals surface area contributed by atoms with Gasteiger partial charge in [-0.05, 0) is 69.0 Å². The van der Waals surface area contributed by atoms with Crippen molar-refractivity contribution in [3.8, 4) is 34.5 Å². The van der Waals surface area contributed by atoms with E-state index in [2.05, 4.69) is 15.9 Å². The average molecular weight is 565 g/mol. The lowest BCUT2D eigenvalue weighted by Crippen LogP contribution is -2.03. The molecule has 192 valence electrons. The van der Waals surface area contributed by atoms with E-state index in [1.807, 2.05) is 84.9 Å². The maximum atomic E-state index is 6.20. The highest BCUT2D eigenvalue weighted by Gasteiger charge is 2.14. The first-order valence-corrected chi connectivity index (χ1v) is 12.5. The Morgan fingerprint density at radius 3 is 1.14 bits per heavy atom. The van der Waals surface area contributed by atoms with Crippen LogP contribution in [0.2, 0.25) is 0 Å². The van der Waals surface area contributed by atoms with Crippen LogP contribution in [0, 0.1) is 0 Å². The normalized spacial score (nSPS) is 10.5. The highest BCUT2D eigenvalue weighted by molar-refractivity contribution is 9.10. The van der Waals surface area contributed by atoms with Crippen molar-refractivity contribution in [3.05, 3.63) is 106 Å². The lowest BCUT2D eigenvalue weighted by molar-refractivity contribution is 0.250. The van der Waals surface area contributed by atoms with Crippen molar-refractivity contribution in [2.75, 3.05) is 21.3 Å². The van der Waals surface area contributed by atoms with E-state index in [-0.39, 0.29) is 0 Å². The van der Waals surface area contributed by atoms with Gasteiger partial charge in [0.1, 0.15) is 42.8 Å². The zero-order chi connectivity index (χ0) is 26.0. The number of rotatable bonds is 12. The molecule has 0 N–H and O–H groups in total. The van der Waals surface area contributed by atoms with Gasteiger partial charge in [0.25, 0.3) is 0 Å². The molecular weight excluding hydrogens is 536 g/mol. The van der Waals surface area contributed by atoms with Crippen LogP contribution in [0.3, 0.4) is 0 Å². The number of benzene rings is 4. The number of hydrogen-bond acceptors (Lipinski definition) is 6. The molecule has 0 amide bonds. The zero-order valence-electron chi connectivity index (χ0n) is 21.0. The summed E-state index contributed by atoms with van der Waals surface area (Å²) in [5.41, 5.74) is 3.04. The fourth-order valence-electron chi connectivity index (χ4n) is 3.50. The molecule has 0 fully saturated rings. The molecule has 0 saturated carbocycles. The van der Waals surface area contributed by atoms with Gasteiger partial charge in [-0.25, -0.2) is 0 Å². The van der Waals surface area contributed by atoms with Gasteiger partial charge in [0.05, 0.1) is 25.8 Å². The second-order valence-electron chi connectivity index (χ2n) is 8.14. The lowest BCUT2D eigenvalue weighted by Gasteiger charge is -2.17. The van der Waals surface area contributed by atoms with Crippen molar-refractivity contribution in [1.82, 2.24) is 0 Å². The van der Waals surface area contributed by atoms with Crippen LogP contribution in [0.4, 0.5) is 0 Å². The second kappa shape index (κ2) is 12.9. The summed E-state index contributed by atoms with van der Waals surface area (Å²) in [5.74, 6) is 4.23. The van der Waals surface area contributed by atoms with Gasteiger partial charge >= 0.3 is 0 Å². The highest BCUT2D eigenvalue weighted by atomic mass is 79.9. The van der Waals surface area contributed by atoms with Crippen molar-refractivity contribution >= 4 is 15.9 Å². The summed E-state index contributed by atoms with van der Waals surface area (Å²) >= 11 is 3.62.